The first-order valence-corrected chi connectivity index (χ1v) is 7.73. The fourth-order valence-corrected chi connectivity index (χ4v) is 2.95. The van der Waals surface area contributed by atoms with E-state index in [-0.39, 0.29) is 11.9 Å². The summed E-state index contributed by atoms with van der Waals surface area (Å²) in [6.45, 7) is 3.45. The van der Waals surface area contributed by atoms with Crippen LogP contribution in [0, 0.1) is 6.92 Å². The third kappa shape index (κ3) is 3.45. The van der Waals surface area contributed by atoms with Crippen molar-refractivity contribution in [1.29, 1.82) is 0 Å². The Hall–Kier alpha value is -1.69. The smallest absolute Gasteiger partial charge is 0.321 e. The van der Waals surface area contributed by atoms with Gasteiger partial charge in [0.15, 0.2) is 0 Å². The van der Waals surface area contributed by atoms with Gasteiger partial charge in [-0.1, -0.05) is 0 Å². The largest absolute Gasteiger partial charge is 0.355 e. The van der Waals surface area contributed by atoms with Crippen LogP contribution in [0.15, 0.2) is 18.2 Å². The molecule has 1 fully saturated rings. The average Bonchev–Trinajstić information content (AvgIpc) is 2.49. The maximum atomic E-state index is 12.1. The molecule has 1 heterocycles. The minimum Gasteiger partial charge on any atom is -0.355 e. The summed E-state index contributed by atoms with van der Waals surface area (Å²) in [5, 5.41) is 5.49. The first-order valence-electron chi connectivity index (χ1n) is 6.58. The zero-order valence-electron chi connectivity index (χ0n) is 11.7. The first-order chi connectivity index (χ1) is 9.61. The Kier molecular flexibility index (Phi) is 4.89. The van der Waals surface area contributed by atoms with Gasteiger partial charge in [0.25, 0.3) is 5.91 Å². The van der Waals surface area contributed by atoms with E-state index in [2.05, 4.69) is 10.6 Å². The Balaban J connectivity index is 2.05. The SMILES string of the molecule is CNC(=O)c1ccc(NC(=O)N2CCSCC2)c(C)c1. The van der Waals surface area contributed by atoms with Crippen molar-refractivity contribution in [2.45, 2.75) is 6.92 Å². The monoisotopic (exact) mass is 293 g/mol. The molecule has 0 atom stereocenters. The number of anilines is 1. The molecule has 0 aromatic heterocycles. The number of urea groups is 1. The van der Waals surface area contributed by atoms with E-state index in [0.717, 1.165) is 35.8 Å². The van der Waals surface area contributed by atoms with Gasteiger partial charge in [0.1, 0.15) is 0 Å². The van der Waals surface area contributed by atoms with Crippen molar-refractivity contribution < 1.29 is 9.59 Å². The maximum Gasteiger partial charge on any atom is 0.321 e. The molecule has 1 aromatic carbocycles. The Morgan fingerprint density at radius 2 is 1.95 bits per heavy atom. The number of hydrogen-bond donors (Lipinski definition) is 2. The number of hydrogen-bond acceptors (Lipinski definition) is 3. The lowest BCUT2D eigenvalue weighted by atomic mass is 10.1. The van der Waals surface area contributed by atoms with E-state index in [0.29, 0.717) is 5.56 Å². The van der Waals surface area contributed by atoms with E-state index in [4.69, 9.17) is 0 Å². The Morgan fingerprint density at radius 1 is 1.25 bits per heavy atom. The summed E-state index contributed by atoms with van der Waals surface area (Å²) in [5.41, 5.74) is 2.23. The molecule has 6 heteroatoms. The van der Waals surface area contributed by atoms with Gasteiger partial charge in [-0.05, 0) is 30.7 Å². The summed E-state index contributed by atoms with van der Waals surface area (Å²) in [7, 11) is 1.60. The number of nitrogens with one attached hydrogen (secondary N) is 2. The Morgan fingerprint density at radius 3 is 2.55 bits per heavy atom. The number of nitrogens with zero attached hydrogens (tertiary/aromatic N) is 1. The molecule has 0 aliphatic carbocycles. The second-order valence-electron chi connectivity index (χ2n) is 4.64. The third-order valence-electron chi connectivity index (χ3n) is 3.26. The first kappa shape index (κ1) is 14.7. The predicted octanol–water partition coefficient (Wildman–Crippen LogP) is 1.94. The lowest BCUT2D eigenvalue weighted by Gasteiger charge is -2.26. The highest BCUT2D eigenvalue weighted by molar-refractivity contribution is 7.99. The van der Waals surface area contributed by atoms with Gasteiger partial charge in [-0.3, -0.25) is 4.79 Å². The number of aryl methyl sites for hydroxylation is 1. The van der Waals surface area contributed by atoms with Crippen molar-refractivity contribution in [1.82, 2.24) is 10.2 Å². The van der Waals surface area contributed by atoms with Crippen molar-refractivity contribution >= 4 is 29.4 Å². The molecular weight excluding hydrogens is 274 g/mol. The number of rotatable bonds is 2. The molecule has 1 saturated heterocycles. The summed E-state index contributed by atoms with van der Waals surface area (Å²) < 4.78 is 0. The van der Waals surface area contributed by atoms with Crippen molar-refractivity contribution in [3.05, 3.63) is 29.3 Å². The molecule has 0 saturated carbocycles. The number of benzene rings is 1. The molecular formula is C14H19N3O2S. The molecule has 20 heavy (non-hydrogen) atoms. The normalized spacial score (nSPS) is 14.8. The second-order valence-corrected chi connectivity index (χ2v) is 5.86. The fourth-order valence-electron chi connectivity index (χ4n) is 2.05. The third-order valence-corrected chi connectivity index (χ3v) is 4.20. The lowest BCUT2D eigenvalue weighted by molar-refractivity contribution is 0.0963. The van der Waals surface area contributed by atoms with Gasteiger partial charge in [-0.15, -0.1) is 0 Å². The molecule has 1 aliphatic heterocycles. The number of amides is 3. The van der Waals surface area contributed by atoms with Crippen LogP contribution in [0.5, 0.6) is 0 Å². The molecule has 1 aliphatic rings. The van der Waals surface area contributed by atoms with E-state index in [1.54, 1.807) is 25.2 Å². The molecule has 5 nitrogen and oxygen atoms in total. The number of carbonyl (C=O) groups excluding carboxylic acids is 2. The highest BCUT2D eigenvalue weighted by Crippen LogP contribution is 2.18. The second kappa shape index (κ2) is 6.65. The van der Waals surface area contributed by atoms with Gasteiger partial charge in [0.2, 0.25) is 0 Å². The van der Waals surface area contributed by atoms with Crippen LogP contribution in [0.25, 0.3) is 0 Å². The standard InChI is InChI=1S/C14H19N3O2S/c1-10-9-11(13(18)15-2)3-4-12(10)16-14(19)17-5-7-20-8-6-17/h3-4,9H,5-8H2,1-2H3,(H,15,18)(H,16,19). The van der Waals surface area contributed by atoms with Crippen molar-refractivity contribution in [2.24, 2.45) is 0 Å². The van der Waals surface area contributed by atoms with Gasteiger partial charge in [0.05, 0.1) is 0 Å². The fraction of sp³-hybridized carbons (Fsp3) is 0.429. The number of carbonyl (C=O) groups is 2. The van der Waals surface area contributed by atoms with E-state index >= 15 is 0 Å². The molecule has 1 aromatic rings. The van der Waals surface area contributed by atoms with Crippen molar-refractivity contribution in [2.75, 3.05) is 37.0 Å². The van der Waals surface area contributed by atoms with E-state index < -0.39 is 0 Å². The van der Waals surface area contributed by atoms with Crippen LogP contribution in [0.1, 0.15) is 15.9 Å². The predicted molar refractivity (Wildman–Crippen MR) is 82.5 cm³/mol. The van der Waals surface area contributed by atoms with Gasteiger partial charge >= 0.3 is 6.03 Å². The molecule has 0 spiro atoms. The van der Waals surface area contributed by atoms with Crippen LogP contribution in [0.2, 0.25) is 0 Å². The molecule has 0 bridgehead atoms. The highest BCUT2D eigenvalue weighted by atomic mass is 32.2. The molecule has 0 unspecified atom stereocenters. The Bertz CT molecular complexity index is 513. The summed E-state index contributed by atoms with van der Waals surface area (Å²) in [5.74, 6) is 1.85. The van der Waals surface area contributed by atoms with Crippen LogP contribution in [-0.4, -0.2) is 48.5 Å². The van der Waals surface area contributed by atoms with Gasteiger partial charge in [0, 0.05) is 42.9 Å². The van der Waals surface area contributed by atoms with Crippen LogP contribution >= 0.6 is 11.8 Å². The molecule has 2 N–H and O–H groups in total. The van der Waals surface area contributed by atoms with E-state index in [1.807, 2.05) is 23.6 Å². The van der Waals surface area contributed by atoms with Crippen LogP contribution in [0.4, 0.5) is 10.5 Å². The summed E-state index contributed by atoms with van der Waals surface area (Å²) >= 11 is 1.87. The number of thioether (sulfide) groups is 1. The highest BCUT2D eigenvalue weighted by Gasteiger charge is 2.17. The van der Waals surface area contributed by atoms with Gasteiger partial charge in [-0.25, -0.2) is 4.79 Å². The molecule has 2 rings (SSSR count). The lowest BCUT2D eigenvalue weighted by Crippen LogP contribution is -2.40. The summed E-state index contributed by atoms with van der Waals surface area (Å²) in [4.78, 5) is 25.5. The quantitative estimate of drug-likeness (QED) is 0.876. The molecule has 108 valence electrons. The minimum atomic E-state index is -0.126. The van der Waals surface area contributed by atoms with Crippen LogP contribution in [-0.2, 0) is 0 Å². The molecule has 3 amide bonds. The van der Waals surface area contributed by atoms with Gasteiger partial charge < -0.3 is 15.5 Å². The summed E-state index contributed by atoms with van der Waals surface area (Å²) in [6.07, 6.45) is 0. The van der Waals surface area contributed by atoms with Crippen LogP contribution < -0.4 is 10.6 Å². The van der Waals surface area contributed by atoms with E-state index in [9.17, 15) is 9.59 Å². The van der Waals surface area contributed by atoms with Gasteiger partial charge in [-0.2, -0.15) is 11.8 Å². The zero-order valence-corrected chi connectivity index (χ0v) is 12.5. The maximum absolute atomic E-state index is 12.1. The topological polar surface area (TPSA) is 61.4 Å². The van der Waals surface area contributed by atoms with Crippen molar-refractivity contribution in [3.8, 4) is 0 Å². The average molecular weight is 293 g/mol. The minimum absolute atomic E-state index is 0.0684. The summed E-state index contributed by atoms with van der Waals surface area (Å²) in [6, 6.07) is 5.20. The van der Waals surface area contributed by atoms with E-state index in [1.165, 1.54) is 0 Å². The Labute approximate surface area is 123 Å². The zero-order chi connectivity index (χ0) is 14.5. The molecule has 0 radical (unpaired) electrons. The van der Waals surface area contributed by atoms with Crippen LogP contribution in [0.3, 0.4) is 0 Å². The van der Waals surface area contributed by atoms with Crippen molar-refractivity contribution in [3.63, 3.8) is 0 Å².